The first-order valence-corrected chi connectivity index (χ1v) is 7.67. The van der Waals surface area contributed by atoms with Crippen molar-refractivity contribution in [3.05, 3.63) is 0 Å². The van der Waals surface area contributed by atoms with Gasteiger partial charge in [-0.2, -0.15) is 5.48 Å². The zero-order valence-electron chi connectivity index (χ0n) is 11.3. The molecule has 0 aromatic rings. The molecule has 4 saturated heterocycles. The summed E-state index contributed by atoms with van der Waals surface area (Å²) in [5.41, 5.74) is 3.33. The fourth-order valence-corrected chi connectivity index (χ4v) is 4.28. The van der Waals surface area contributed by atoms with Gasteiger partial charge < -0.3 is 4.90 Å². The Morgan fingerprint density at radius 3 is 2.50 bits per heavy atom. The highest BCUT2D eigenvalue weighted by atomic mass is 16.7. The zero-order valence-corrected chi connectivity index (χ0v) is 11.3. The molecule has 1 saturated carbocycles. The van der Waals surface area contributed by atoms with Crippen molar-refractivity contribution in [2.24, 2.45) is 17.8 Å². The van der Waals surface area contributed by atoms with Gasteiger partial charge in [0.25, 0.3) is 0 Å². The van der Waals surface area contributed by atoms with Gasteiger partial charge in [-0.25, -0.2) is 0 Å². The van der Waals surface area contributed by atoms with Crippen LogP contribution in [0.25, 0.3) is 0 Å². The lowest BCUT2D eigenvalue weighted by molar-refractivity contribution is -0.0762. The molecule has 5 aliphatic rings. The van der Waals surface area contributed by atoms with Crippen LogP contribution < -0.4 is 10.8 Å². The number of nitrogens with one attached hydrogen (secondary N) is 2. The van der Waals surface area contributed by atoms with Crippen LogP contribution in [0, 0.1) is 17.8 Å². The van der Waals surface area contributed by atoms with Gasteiger partial charge in [0.2, 0.25) is 0 Å². The van der Waals surface area contributed by atoms with Gasteiger partial charge in [-0.05, 0) is 57.5 Å². The average Bonchev–Trinajstić information content (AvgIpc) is 2.71. The van der Waals surface area contributed by atoms with Crippen molar-refractivity contribution in [3.8, 4) is 0 Å². The molecule has 0 aromatic carbocycles. The Hall–Kier alpha value is -0.160. The largest absolute Gasteiger partial charge is 0.303 e. The van der Waals surface area contributed by atoms with Crippen molar-refractivity contribution >= 4 is 0 Å². The highest BCUT2D eigenvalue weighted by Gasteiger charge is 2.49. The summed E-state index contributed by atoms with van der Waals surface area (Å²) in [5, 5.41) is 3.76. The van der Waals surface area contributed by atoms with Gasteiger partial charge in [0, 0.05) is 12.5 Å². The maximum Gasteiger partial charge on any atom is 0.135 e. The van der Waals surface area contributed by atoms with Crippen LogP contribution in [0.2, 0.25) is 0 Å². The van der Waals surface area contributed by atoms with Crippen molar-refractivity contribution in [1.82, 2.24) is 15.7 Å². The molecule has 2 N–H and O–H groups in total. The lowest BCUT2D eigenvalue weighted by Crippen LogP contribution is -2.58. The minimum atomic E-state index is 0.0228. The van der Waals surface area contributed by atoms with Gasteiger partial charge >= 0.3 is 0 Å². The van der Waals surface area contributed by atoms with Gasteiger partial charge in [-0.1, -0.05) is 6.42 Å². The summed E-state index contributed by atoms with van der Waals surface area (Å²) >= 11 is 0. The van der Waals surface area contributed by atoms with Crippen LogP contribution in [-0.4, -0.2) is 36.4 Å². The second kappa shape index (κ2) is 4.17. The minimum absolute atomic E-state index is 0.0228. The maximum absolute atomic E-state index is 5.93. The summed E-state index contributed by atoms with van der Waals surface area (Å²) in [6, 6.07) is 0. The predicted molar refractivity (Wildman–Crippen MR) is 69.5 cm³/mol. The van der Waals surface area contributed by atoms with Crippen molar-refractivity contribution in [2.45, 2.75) is 50.9 Å². The summed E-state index contributed by atoms with van der Waals surface area (Å²) in [6.07, 6.45) is 7.02. The van der Waals surface area contributed by atoms with E-state index in [2.05, 4.69) is 22.6 Å². The van der Waals surface area contributed by atoms with Crippen LogP contribution in [0.4, 0.5) is 0 Å². The third-order valence-electron chi connectivity index (χ3n) is 5.86. The fourth-order valence-electron chi connectivity index (χ4n) is 4.28. The highest BCUT2D eigenvalue weighted by molar-refractivity contribution is 4.98. The molecule has 0 aromatic heterocycles. The Labute approximate surface area is 109 Å². The van der Waals surface area contributed by atoms with Crippen molar-refractivity contribution < 1.29 is 4.84 Å². The van der Waals surface area contributed by atoms with Crippen LogP contribution in [-0.2, 0) is 4.84 Å². The topological polar surface area (TPSA) is 36.5 Å². The third-order valence-corrected chi connectivity index (χ3v) is 5.86. The van der Waals surface area contributed by atoms with Gasteiger partial charge in [0.15, 0.2) is 0 Å². The molecular weight excluding hydrogens is 226 g/mol. The molecule has 0 amide bonds. The molecule has 4 heterocycles. The molecule has 5 fully saturated rings. The van der Waals surface area contributed by atoms with Gasteiger partial charge in [0.1, 0.15) is 6.23 Å². The number of hydroxylamine groups is 1. The standard InChI is InChI=1S/C14H25N3O/c1-14(11-3-2-4-11)15-13(18-16-14)12-9-17-7-5-10(12)6-8-17/h10-13,15-16H,2-9H2,1H3. The van der Waals surface area contributed by atoms with E-state index in [-0.39, 0.29) is 11.9 Å². The molecule has 18 heavy (non-hydrogen) atoms. The molecule has 4 nitrogen and oxygen atoms in total. The van der Waals surface area contributed by atoms with E-state index in [0.29, 0.717) is 5.92 Å². The fraction of sp³-hybridized carbons (Fsp3) is 1.00. The monoisotopic (exact) mass is 251 g/mol. The quantitative estimate of drug-likeness (QED) is 0.775. The first-order valence-electron chi connectivity index (χ1n) is 7.67. The molecule has 2 bridgehead atoms. The van der Waals surface area contributed by atoms with Crippen molar-refractivity contribution in [3.63, 3.8) is 0 Å². The number of piperidine rings is 3. The molecular formula is C14H25N3O. The maximum atomic E-state index is 5.93. The van der Waals surface area contributed by atoms with E-state index in [1.54, 1.807) is 0 Å². The lowest BCUT2D eigenvalue weighted by atomic mass is 9.75. The predicted octanol–water partition coefficient (Wildman–Crippen LogP) is 1.29. The molecule has 4 heteroatoms. The molecule has 0 radical (unpaired) electrons. The van der Waals surface area contributed by atoms with E-state index < -0.39 is 0 Å². The van der Waals surface area contributed by atoms with Crippen LogP contribution in [0.3, 0.4) is 0 Å². The second-order valence-corrected chi connectivity index (χ2v) is 6.92. The van der Waals surface area contributed by atoms with Crippen LogP contribution in [0.5, 0.6) is 0 Å². The van der Waals surface area contributed by atoms with Gasteiger partial charge in [-0.3, -0.25) is 10.2 Å². The number of hydrogen-bond acceptors (Lipinski definition) is 4. The Morgan fingerprint density at radius 2 is 1.94 bits per heavy atom. The number of fused-ring (bicyclic) bond motifs is 3. The van der Waals surface area contributed by atoms with Crippen molar-refractivity contribution in [2.75, 3.05) is 19.6 Å². The molecule has 0 spiro atoms. The van der Waals surface area contributed by atoms with Gasteiger partial charge in [-0.15, -0.1) is 0 Å². The Bertz CT molecular complexity index is 325. The second-order valence-electron chi connectivity index (χ2n) is 6.92. The molecule has 102 valence electrons. The third kappa shape index (κ3) is 1.73. The molecule has 1 aliphatic carbocycles. The molecule has 4 aliphatic heterocycles. The Balaban J connectivity index is 1.44. The highest BCUT2D eigenvalue weighted by Crippen LogP contribution is 2.40. The van der Waals surface area contributed by atoms with Gasteiger partial charge in [0.05, 0.1) is 5.66 Å². The van der Waals surface area contributed by atoms with Crippen molar-refractivity contribution in [1.29, 1.82) is 0 Å². The number of nitrogens with zero attached hydrogens (tertiary/aromatic N) is 1. The smallest absolute Gasteiger partial charge is 0.135 e. The first-order chi connectivity index (χ1) is 8.74. The van der Waals surface area contributed by atoms with Crippen LogP contribution in [0.1, 0.15) is 39.0 Å². The first kappa shape index (κ1) is 11.6. The molecule has 3 atom stereocenters. The van der Waals surface area contributed by atoms with E-state index in [4.69, 9.17) is 4.84 Å². The van der Waals surface area contributed by atoms with E-state index in [1.165, 1.54) is 51.7 Å². The summed E-state index contributed by atoms with van der Waals surface area (Å²) < 4.78 is 0. The van der Waals surface area contributed by atoms with Crippen LogP contribution >= 0.6 is 0 Å². The number of hydrogen-bond donors (Lipinski definition) is 2. The Morgan fingerprint density at radius 1 is 1.17 bits per heavy atom. The number of rotatable bonds is 2. The molecule has 5 rings (SSSR count). The van der Waals surface area contributed by atoms with E-state index in [9.17, 15) is 0 Å². The zero-order chi connectivity index (χ0) is 12.2. The van der Waals surface area contributed by atoms with E-state index >= 15 is 0 Å². The normalized spacial score (nSPS) is 52.5. The SMILES string of the molecule is CC1(C2CCC2)NOC(C2CN3CCC2CC3)N1. The summed E-state index contributed by atoms with van der Waals surface area (Å²) in [6.45, 7) is 6.12. The van der Waals surface area contributed by atoms with E-state index in [0.717, 1.165) is 11.8 Å². The summed E-state index contributed by atoms with van der Waals surface area (Å²) in [5.74, 6) is 2.31. The minimum Gasteiger partial charge on any atom is -0.303 e. The van der Waals surface area contributed by atoms with Crippen LogP contribution in [0.15, 0.2) is 0 Å². The summed E-state index contributed by atoms with van der Waals surface area (Å²) in [4.78, 5) is 8.54. The average molecular weight is 251 g/mol. The Kier molecular flexibility index (Phi) is 2.70. The van der Waals surface area contributed by atoms with E-state index in [1.807, 2.05) is 0 Å². The lowest BCUT2D eigenvalue weighted by Gasteiger charge is -2.46. The molecule has 3 unspecified atom stereocenters. The summed E-state index contributed by atoms with van der Waals surface area (Å²) in [7, 11) is 0.